The molecule has 1 saturated carbocycles. The molecule has 1 heteroatoms. The Morgan fingerprint density at radius 3 is 2.70 bits per heavy atom. The fourth-order valence-corrected chi connectivity index (χ4v) is 1.57. The summed E-state index contributed by atoms with van der Waals surface area (Å²) in [7, 11) is 2.05. The van der Waals surface area contributed by atoms with Gasteiger partial charge in [0.1, 0.15) is 0 Å². The van der Waals surface area contributed by atoms with Crippen molar-refractivity contribution in [1.82, 2.24) is 5.32 Å². The second-order valence-electron chi connectivity index (χ2n) is 3.11. The zero-order chi connectivity index (χ0) is 7.40. The molecule has 0 aromatic heterocycles. The Kier molecular flexibility index (Phi) is 2.94. The van der Waals surface area contributed by atoms with E-state index in [4.69, 9.17) is 0 Å². The topological polar surface area (TPSA) is 12.0 Å². The molecule has 1 N–H and O–H groups in total. The van der Waals surface area contributed by atoms with Gasteiger partial charge in [-0.3, -0.25) is 0 Å². The average Bonchev–Trinajstić information content (AvgIpc) is 1.83. The van der Waals surface area contributed by atoms with E-state index in [9.17, 15) is 0 Å². The van der Waals surface area contributed by atoms with Gasteiger partial charge in [0, 0.05) is 6.04 Å². The van der Waals surface area contributed by atoms with Gasteiger partial charge in [0.25, 0.3) is 0 Å². The normalized spacial score (nSPS) is 21.7. The van der Waals surface area contributed by atoms with Crippen molar-refractivity contribution in [2.75, 3.05) is 7.05 Å². The molecule has 1 aliphatic rings. The molecule has 0 aliphatic heterocycles. The highest BCUT2D eigenvalue weighted by atomic mass is 14.9. The minimum atomic E-state index is 0.700. The van der Waals surface area contributed by atoms with Crippen LogP contribution in [0.25, 0.3) is 0 Å². The van der Waals surface area contributed by atoms with Crippen LogP contribution in [-0.4, -0.2) is 13.1 Å². The second-order valence-corrected chi connectivity index (χ2v) is 3.11. The summed E-state index contributed by atoms with van der Waals surface area (Å²) in [5, 5.41) is 3.33. The summed E-state index contributed by atoms with van der Waals surface area (Å²) < 4.78 is 0. The maximum absolute atomic E-state index is 3.75. The zero-order valence-electron chi connectivity index (χ0n) is 6.77. The third kappa shape index (κ3) is 1.60. The first-order chi connectivity index (χ1) is 4.88. The molecule has 58 valence electrons. The lowest BCUT2D eigenvalue weighted by Gasteiger charge is -2.32. The van der Waals surface area contributed by atoms with Crippen molar-refractivity contribution in [2.45, 2.75) is 31.7 Å². The lowest BCUT2D eigenvalue weighted by Crippen LogP contribution is -2.36. The molecular formula is C9H17N. The standard InChI is InChI=1S/C9H17N/c1-3-5-9(10-2)8-6-4-7-8/h3,8-10H,1,4-7H2,2H3. The fraction of sp³-hybridized carbons (Fsp3) is 0.778. The molecule has 1 atom stereocenters. The van der Waals surface area contributed by atoms with E-state index >= 15 is 0 Å². The van der Waals surface area contributed by atoms with Crippen LogP contribution in [-0.2, 0) is 0 Å². The van der Waals surface area contributed by atoms with Gasteiger partial charge < -0.3 is 5.32 Å². The maximum Gasteiger partial charge on any atom is 0.0127 e. The predicted molar refractivity (Wildman–Crippen MR) is 45.0 cm³/mol. The van der Waals surface area contributed by atoms with E-state index in [1.165, 1.54) is 19.3 Å². The van der Waals surface area contributed by atoms with Gasteiger partial charge in [-0.1, -0.05) is 12.5 Å². The molecule has 0 amide bonds. The smallest absolute Gasteiger partial charge is 0.0127 e. The molecule has 0 aromatic carbocycles. The quantitative estimate of drug-likeness (QED) is 0.587. The van der Waals surface area contributed by atoms with Crippen LogP contribution in [0.3, 0.4) is 0 Å². The number of hydrogen-bond donors (Lipinski definition) is 1. The van der Waals surface area contributed by atoms with Crippen molar-refractivity contribution >= 4 is 0 Å². The molecule has 0 saturated heterocycles. The Bertz CT molecular complexity index is 105. The molecule has 1 aliphatic carbocycles. The Hall–Kier alpha value is -0.300. The molecule has 1 unspecified atom stereocenters. The van der Waals surface area contributed by atoms with Crippen LogP contribution >= 0.6 is 0 Å². The van der Waals surface area contributed by atoms with Crippen molar-refractivity contribution in [3.05, 3.63) is 12.7 Å². The van der Waals surface area contributed by atoms with Crippen molar-refractivity contribution in [3.8, 4) is 0 Å². The van der Waals surface area contributed by atoms with Gasteiger partial charge in [0.15, 0.2) is 0 Å². The fourth-order valence-electron chi connectivity index (χ4n) is 1.57. The van der Waals surface area contributed by atoms with E-state index in [2.05, 4.69) is 11.9 Å². The molecule has 1 nitrogen and oxygen atoms in total. The lowest BCUT2D eigenvalue weighted by molar-refractivity contribution is 0.238. The van der Waals surface area contributed by atoms with Crippen LogP contribution in [0.1, 0.15) is 25.7 Å². The second kappa shape index (κ2) is 3.77. The highest BCUT2D eigenvalue weighted by Gasteiger charge is 2.24. The van der Waals surface area contributed by atoms with Crippen LogP contribution < -0.4 is 5.32 Å². The summed E-state index contributed by atoms with van der Waals surface area (Å²) in [5.74, 6) is 0.933. The van der Waals surface area contributed by atoms with E-state index in [1.54, 1.807) is 0 Å². The molecule has 1 rings (SSSR count). The minimum absolute atomic E-state index is 0.700. The molecule has 0 aromatic rings. The Labute approximate surface area is 63.5 Å². The molecule has 1 fully saturated rings. The highest BCUT2D eigenvalue weighted by Crippen LogP contribution is 2.30. The Morgan fingerprint density at radius 2 is 2.40 bits per heavy atom. The predicted octanol–water partition coefficient (Wildman–Crippen LogP) is 1.95. The average molecular weight is 139 g/mol. The zero-order valence-corrected chi connectivity index (χ0v) is 6.77. The van der Waals surface area contributed by atoms with Crippen LogP contribution in [0.15, 0.2) is 12.7 Å². The highest BCUT2D eigenvalue weighted by molar-refractivity contribution is 4.86. The molecule has 0 bridgehead atoms. The summed E-state index contributed by atoms with van der Waals surface area (Å²) in [4.78, 5) is 0. The van der Waals surface area contributed by atoms with Gasteiger partial charge in [-0.25, -0.2) is 0 Å². The first-order valence-corrected chi connectivity index (χ1v) is 4.16. The van der Waals surface area contributed by atoms with E-state index < -0.39 is 0 Å². The van der Waals surface area contributed by atoms with Gasteiger partial charge >= 0.3 is 0 Å². The van der Waals surface area contributed by atoms with E-state index in [-0.39, 0.29) is 0 Å². The van der Waals surface area contributed by atoms with Crippen LogP contribution in [0.2, 0.25) is 0 Å². The summed E-state index contributed by atoms with van der Waals surface area (Å²) in [5.41, 5.74) is 0. The maximum atomic E-state index is 3.75. The summed E-state index contributed by atoms with van der Waals surface area (Å²) >= 11 is 0. The largest absolute Gasteiger partial charge is 0.316 e. The van der Waals surface area contributed by atoms with Crippen LogP contribution in [0.4, 0.5) is 0 Å². The lowest BCUT2D eigenvalue weighted by atomic mass is 9.78. The molecule has 0 radical (unpaired) electrons. The van der Waals surface area contributed by atoms with Crippen LogP contribution in [0, 0.1) is 5.92 Å². The van der Waals surface area contributed by atoms with Crippen molar-refractivity contribution in [2.24, 2.45) is 5.92 Å². The molecular weight excluding hydrogens is 122 g/mol. The number of hydrogen-bond acceptors (Lipinski definition) is 1. The van der Waals surface area contributed by atoms with Gasteiger partial charge in [0.2, 0.25) is 0 Å². The number of rotatable bonds is 4. The minimum Gasteiger partial charge on any atom is -0.316 e. The van der Waals surface area contributed by atoms with Gasteiger partial charge in [-0.2, -0.15) is 0 Å². The van der Waals surface area contributed by atoms with Crippen molar-refractivity contribution < 1.29 is 0 Å². The summed E-state index contributed by atoms with van der Waals surface area (Å²) in [6.07, 6.45) is 7.40. The van der Waals surface area contributed by atoms with E-state index in [0.717, 1.165) is 12.3 Å². The van der Waals surface area contributed by atoms with Crippen molar-refractivity contribution in [1.29, 1.82) is 0 Å². The summed E-state index contributed by atoms with van der Waals surface area (Å²) in [6, 6.07) is 0.700. The van der Waals surface area contributed by atoms with Gasteiger partial charge in [-0.15, -0.1) is 6.58 Å². The Balaban J connectivity index is 2.23. The van der Waals surface area contributed by atoms with E-state index in [0.29, 0.717) is 6.04 Å². The van der Waals surface area contributed by atoms with Gasteiger partial charge in [0.05, 0.1) is 0 Å². The first kappa shape index (κ1) is 7.80. The number of nitrogens with one attached hydrogen (secondary N) is 1. The Morgan fingerprint density at radius 1 is 1.70 bits per heavy atom. The molecule has 0 spiro atoms. The van der Waals surface area contributed by atoms with E-state index in [1.807, 2.05) is 13.1 Å². The van der Waals surface area contributed by atoms with Crippen LogP contribution in [0.5, 0.6) is 0 Å². The third-order valence-corrected chi connectivity index (χ3v) is 2.51. The third-order valence-electron chi connectivity index (χ3n) is 2.51. The molecule has 10 heavy (non-hydrogen) atoms. The van der Waals surface area contributed by atoms with Crippen molar-refractivity contribution in [3.63, 3.8) is 0 Å². The van der Waals surface area contributed by atoms with Gasteiger partial charge in [-0.05, 0) is 32.2 Å². The first-order valence-electron chi connectivity index (χ1n) is 4.16. The SMILES string of the molecule is C=CCC(NC)C1CCC1. The molecule has 0 heterocycles. The summed E-state index contributed by atoms with van der Waals surface area (Å²) in [6.45, 7) is 3.75. The monoisotopic (exact) mass is 139 g/mol.